The molecule has 1 aliphatic rings. The van der Waals surface area contributed by atoms with Crippen LogP contribution in [-0.4, -0.2) is 28.5 Å². The monoisotopic (exact) mass is 490 g/mol. The molecular formula is C27H23FN2O4S. The maximum absolute atomic E-state index is 13.0. The minimum absolute atomic E-state index is 0.245. The summed E-state index contributed by atoms with van der Waals surface area (Å²) in [6.07, 6.45) is 1.61. The number of halogens is 1. The number of imide groups is 1. The van der Waals surface area contributed by atoms with Gasteiger partial charge in [-0.05, 0) is 90.3 Å². The van der Waals surface area contributed by atoms with Crippen molar-refractivity contribution in [1.29, 1.82) is 0 Å². The van der Waals surface area contributed by atoms with Gasteiger partial charge < -0.3 is 10.1 Å². The van der Waals surface area contributed by atoms with E-state index < -0.39 is 17.1 Å². The van der Waals surface area contributed by atoms with Crippen LogP contribution in [0.4, 0.5) is 14.9 Å². The van der Waals surface area contributed by atoms with E-state index in [-0.39, 0.29) is 17.3 Å². The molecule has 1 saturated heterocycles. The van der Waals surface area contributed by atoms with E-state index in [1.807, 2.05) is 32.0 Å². The summed E-state index contributed by atoms with van der Waals surface area (Å²) in [7, 11) is 0. The van der Waals surface area contributed by atoms with Crippen LogP contribution in [-0.2, 0) is 16.2 Å². The number of carbonyl (C=O) groups is 3. The fourth-order valence-corrected chi connectivity index (χ4v) is 4.42. The smallest absolute Gasteiger partial charge is 0.294 e. The zero-order valence-electron chi connectivity index (χ0n) is 19.2. The van der Waals surface area contributed by atoms with Gasteiger partial charge in [-0.15, -0.1) is 0 Å². The number of rotatable bonds is 7. The van der Waals surface area contributed by atoms with Gasteiger partial charge in [0.15, 0.2) is 0 Å². The summed E-state index contributed by atoms with van der Waals surface area (Å²) in [6, 6.07) is 18.7. The van der Waals surface area contributed by atoms with E-state index in [4.69, 9.17) is 4.74 Å². The number of aryl methyl sites for hydroxylation is 2. The lowest BCUT2D eigenvalue weighted by Crippen LogP contribution is -2.36. The van der Waals surface area contributed by atoms with Crippen LogP contribution in [0.25, 0.3) is 6.08 Å². The number of benzene rings is 3. The van der Waals surface area contributed by atoms with Gasteiger partial charge in [-0.25, -0.2) is 4.39 Å². The average molecular weight is 491 g/mol. The van der Waals surface area contributed by atoms with Gasteiger partial charge in [0.1, 0.15) is 24.7 Å². The minimum Gasteiger partial charge on any atom is -0.489 e. The second-order valence-electron chi connectivity index (χ2n) is 8.18. The summed E-state index contributed by atoms with van der Waals surface area (Å²) in [4.78, 5) is 38.8. The van der Waals surface area contributed by atoms with Crippen LogP contribution in [0, 0.1) is 19.7 Å². The third-order valence-electron chi connectivity index (χ3n) is 5.18. The van der Waals surface area contributed by atoms with E-state index in [0.29, 0.717) is 23.6 Å². The Hall–Kier alpha value is -3.91. The Morgan fingerprint density at radius 1 is 1.00 bits per heavy atom. The predicted molar refractivity (Wildman–Crippen MR) is 134 cm³/mol. The Morgan fingerprint density at radius 3 is 2.31 bits per heavy atom. The SMILES string of the molecule is Cc1cc(C)cc(NC(=O)CN2C(=O)S/C(=C\c3ccc(OCc4ccc(F)cc4)cc3)C2=O)c1. The van der Waals surface area contributed by atoms with Crippen molar-refractivity contribution in [1.82, 2.24) is 4.90 Å². The Morgan fingerprint density at radius 2 is 1.66 bits per heavy atom. The van der Waals surface area contributed by atoms with Crippen LogP contribution in [0.15, 0.2) is 71.6 Å². The first-order valence-electron chi connectivity index (χ1n) is 10.9. The lowest BCUT2D eigenvalue weighted by Gasteiger charge is -2.13. The van der Waals surface area contributed by atoms with Crippen molar-refractivity contribution >= 4 is 40.6 Å². The fraction of sp³-hybridized carbons (Fsp3) is 0.148. The van der Waals surface area contributed by atoms with E-state index >= 15 is 0 Å². The van der Waals surface area contributed by atoms with Crippen molar-refractivity contribution in [3.05, 3.63) is 99.7 Å². The number of hydrogen-bond donors (Lipinski definition) is 1. The Labute approximate surface area is 206 Å². The molecule has 0 aliphatic carbocycles. The predicted octanol–water partition coefficient (Wildman–Crippen LogP) is 5.70. The van der Waals surface area contributed by atoms with Gasteiger partial charge >= 0.3 is 0 Å². The van der Waals surface area contributed by atoms with E-state index in [1.54, 1.807) is 42.5 Å². The van der Waals surface area contributed by atoms with E-state index in [1.165, 1.54) is 12.1 Å². The molecule has 0 unspecified atom stereocenters. The summed E-state index contributed by atoms with van der Waals surface area (Å²) in [6.45, 7) is 3.79. The Bertz CT molecular complexity index is 1280. The molecule has 4 rings (SSSR count). The number of nitrogens with zero attached hydrogens (tertiary/aromatic N) is 1. The minimum atomic E-state index is -0.507. The molecule has 3 aromatic rings. The topological polar surface area (TPSA) is 75.7 Å². The molecule has 1 N–H and O–H groups in total. The van der Waals surface area contributed by atoms with E-state index in [9.17, 15) is 18.8 Å². The zero-order chi connectivity index (χ0) is 24.9. The summed E-state index contributed by atoms with van der Waals surface area (Å²) in [5.74, 6) is -0.638. The lowest BCUT2D eigenvalue weighted by atomic mass is 10.1. The highest BCUT2D eigenvalue weighted by atomic mass is 32.2. The van der Waals surface area contributed by atoms with E-state index in [0.717, 1.165) is 33.4 Å². The van der Waals surface area contributed by atoms with Gasteiger partial charge in [-0.3, -0.25) is 19.3 Å². The average Bonchev–Trinajstić information content (AvgIpc) is 3.06. The molecule has 6 nitrogen and oxygen atoms in total. The van der Waals surface area contributed by atoms with Crippen molar-refractivity contribution in [2.45, 2.75) is 20.5 Å². The van der Waals surface area contributed by atoms with Gasteiger partial charge in [0.25, 0.3) is 11.1 Å². The molecule has 1 fully saturated rings. The molecule has 1 heterocycles. The van der Waals surface area contributed by atoms with Crippen LogP contribution >= 0.6 is 11.8 Å². The quantitative estimate of drug-likeness (QED) is 0.430. The molecule has 0 bridgehead atoms. The van der Waals surface area contributed by atoms with Gasteiger partial charge in [-0.1, -0.05) is 30.3 Å². The highest BCUT2D eigenvalue weighted by molar-refractivity contribution is 8.18. The maximum atomic E-state index is 13.0. The third kappa shape index (κ3) is 6.36. The molecule has 0 atom stereocenters. The maximum Gasteiger partial charge on any atom is 0.294 e. The summed E-state index contributed by atoms with van der Waals surface area (Å²) < 4.78 is 18.7. The first-order chi connectivity index (χ1) is 16.8. The molecule has 3 aromatic carbocycles. The number of carbonyl (C=O) groups excluding carboxylic acids is 3. The number of anilines is 1. The summed E-state index contributed by atoms with van der Waals surface area (Å²) >= 11 is 0.799. The van der Waals surface area contributed by atoms with Crippen molar-refractivity contribution in [3.63, 3.8) is 0 Å². The number of hydrogen-bond acceptors (Lipinski definition) is 5. The van der Waals surface area contributed by atoms with Crippen molar-refractivity contribution in [2.24, 2.45) is 0 Å². The standard InChI is InChI=1S/C27H23FN2O4S/c1-17-11-18(2)13-22(12-17)29-25(31)15-30-26(32)24(35-27(30)33)14-19-5-9-23(10-6-19)34-16-20-3-7-21(28)8-4-20/h3-14H,15-16H2,1-2H3,(H,29,31)/b24-14-. The molecule has 178 valence electrons. The molecule has 3 amide bonds. The molecule has 8 heteroatoms. The summed E-state index contributed by atoms with van der Waals surface area (Å²) in [5, 5.41) is 2.25. The fourth-order valence-electron chi connectivity index (χ4n) is 3.59. The van der Waals surface area contributed by atoms with Crippen LogP contribution in [0.5, 0.6) is 5.75 Å². The van der Waals surface area contributed by atoms with Crippen LogP contribution in [0.3, 0.4) is 0 Å². The zero-order valence-corrected chi connectivity index (χ0v) is 20.0. The number of nitrogens with one attached hydrogen (secondary N) is 1. The lowest BCUT2D eigenvalue weighted by molar-refractivity contribution is -0.127. The van der Waals surface area contributed by atoms with Crippen LogP contribution < -0.4 is 10.1 Å². The molecule has 1 aliphatic heterocycles. The number of ether oxygens (including phenoxy) is 1. The van der Waals surface area contributed by atoms with Crippen LogP contribution in [0.1, 0.15) is 22.3 Å². The normalized spacial score (nSPS) is 14.5. The second kappa shape index (κ2) is 10.6. The third-order valence-corrected chi connectivity index (χ3v) is 6.08. The molecule has 0 spiro atoms. The van der Waals surface area contributed by atoms with Gasteiger partial charge in [0.2, 0.25) is 5.91 Å². The molecule has 0 saturated carbocycles. The largest absolute Gasteiger partial charge is 0.489 e. The van der Waals surface area contributed by atoms with Crippen molar-refractivity contribution in [2.75, 3.05) is 11.9 Å². The highest BCUT2D eigenvalue weighted by Crippen LogP contribution is 2.32. The number of amides is 3. The molecule has 35 heavy (non-hydrogen) atoms. The second-order valence-corrected chi connectivity index (χ2v) is 9.17. The Kier molecular flexibility index (Phi) is 7.31. The molecule has 0 radical (unpaired) electrons. The molecule has 0 aromatic heterocycles. The van der Waals surface area contributed by atoms with Gasteiger partial charge in [-0.2, -0.15) is 0 Å². The van der Waals surface area contributed by atoms with Gasteiger partial charge in [0, 0.05) is 5.69 Å². The molecular weight excluding hydrogens is 467 g/mol. The van der Waals surface area contributed by atoms with Gasteiger partial charge in [0.05, 0.1) is 4.91 Å². The van der Waals surface area contributed by atoms with Crippen molar-refractivity contribution in [3.8, 4) is 5.75 Å². The van der Waals surface area contributed by atoms with Crippen molar-refractivity contribution < 1.29 is 23.5 Å². The van der Waals surface area contributed by atoms with E-state index in [2.05, 4.69) is 5.32 Å². The first kappa shape index (κ1) is 24.2. The first-order valence-corrected chi connectivity index (χ1v) is 11.7. The summed E-state index contributed by atoms with van der Waals surface area (Å²) in [5.41, 5.74) is 4.18. The Balaban J connectivity index is 1.36. The highest BCUT2D eigenvalue weighted by Gasteiger charge is 2.36. The number of thioether (sulfide) groups is 1. The van der Waals surface area contributed by atoms with Crippen LogP contribution in [0.2, 0.25) is 0 Å².